The lowest BCUT2D eigenvalue weighted by atomic mass is 9.99. The number of hydrogen-bond acceptors (Lipinski definition) is 8. The first kappa shape index (κ1) is 21.7. The Hall–Kier alpha value is -1.96. The number of sulfonamides is 1. The zero-order chi connectivity index (χ0) is 21.6. The molecule has 3 N–H and O–H groups in total. The summed E-state index contributed by atoms with van der Waals surface area (Å²) in [5.41, 5.74) is 2.09. The van der Waals surface area contributed by atoms with Crippen LogP contribution in [0.15, 0.2) is 28.7 Å². The molecular formula is C16H20F3N5O3S2. The maximum Gasteiger partial charge on any atom is 0.421 e. The van der Waals surface area contributed by atoms with Crippen molar-refractivity contribution >= 4 is 32.3 Å². The van der Waals surface area contributed by atoms with Gasteiger partial charge in [-0.25, -0.2) is 18.4 Å². The molecule has 2 aromatic rings. The maximum absolute atomic E-state index is 12.9. The van der Waals surface area contributed by atoms with Crippen LogP contribution in [0, 0.1) is 0 Å². The predicted molar refractivity (Wildman–Crippen MR) is 102 cm³/mol. The van der Waals surface area contributed by atoms with Gasteiger partial charge < -0.3 is 15.7 Å². The van der Waals surface area contributed by atoms with Crippen molar-refractivity contribution in [2.45, 2.75) is 35.9 Å². The van der Waals surface area contributed by atoms with E-state index in [1.165, 1.54) is 16.4 Å². The summed E-state index contributed by atoms with van der Waals surface area (Å²) in [4.78, 5) is 9.62. The number of thiophene rings is 1. The van der Waals surface area contributed by atoms with Crippen LogP contribution >= 0.6 is 11.3 Å². The van der Waals surface area contributed by atoms with Gasteiger partial charge in [0.2, 0.25) is 5.95 Å². The van der Waals surface area contributed by atoms with E-state index in [0.29, 0.717) is 11.9 Å². The second-order valence-electron chi connectivity index (χ2n) is 6.90. The Kier molecular flexibility index (Phi) is 5.53. The van der Waals surface area contributed by atoms with Crippen molar-refractivity contribution in [1.29, 1.82) is 0 Å². The third-order valence-corrected chi connectivity index (χ3v) is 8.04. The van der Waals surface area contributed by atoms with Crippen molar-refractivity contribution < 1.29 is 26.7 Å². The number of nitrogen functional groups attached to an aromatic ring is 1. The van der Waals surface area contributed by atoms with Gasteiger partial charge in [0.1, 0.15) is 4.21 Å². The molecule has 0 aliphatic carbocycles. The van der Waals surface area contributed by atoms with Crippen LogP contribution in [0.3, 0.4) is 0 Å². The molecule has 1 aliphatic heterocycles. The fourth-order valence-corrected chi connectivity index (χ4v) is 5.68. The lowest BCUT2D eigenvalue weighted by molar-refractivity contribution is -0.259. The Labute approximate surface area is 169 Å². The summed E-state index contributed by atoms with van der Waals surface area (Å²) < 4.78 is 65.8. The van der Waals surface area contributed by atoms with Gasteiger partial charge in [-0.3, -0.25) is 0 Å². The molecule has 1 saturated heterocycles. The molecule has 0 bridgehead atoms. The average molecular weight is 451 g/mol. The fourth-order valence-electron chi connectivity index (χ4n) is 2.92. The molecule has 0 aromatic carbocycles. The highest BCUT2D eigenvalue weighted by atomic mass is 32.2. The Morgan fingerprint density at radius 2 is 1.86 bits per heavy atom. The van der Waals surface area contributed by atoms with Gasteiger partial charge in [0.15, 0.2) is 5.60 Å². The number of nitrogens with two attached hydrogens (primary N) is 1. The zero-order valence-electron chi connectivity index (χ0n) is 15.6. The maximum atomic E-state index is 12.9. The Balaban J connectivity index is 1.75. The van der Waals surface area contributed by atoms with Crippen molar-refractivity contribution in [3.63, 3.8) is 0 Å². The molecule has 2 unspecified atom stereocenters. The van der Waals surface area contributed by atoms with E-state index in [4.69, 9.17) is 5.73 Å². The molecule has 3 rings (SSSR count). The van der Waals surface area contributed by atoms with Crippen LogP contribution in [0.2, 0.25) is 0 Å². The Bertz CT molecular complexity index is 976. The van der Waals surface area contributed by atoms with Gasteiger partial charge in [0.05, 0.1) is 5.00 Å². The number of nitrogens with zero attached hydrogens (tertiary/aromatic N) is 4. The molecular weight excluding hydrogens is 431 g/mol. The van der Waals surface area contributed by atoms with Crippen LogP contribution in [-0.4, -0.2) is 59.6 Å². The second-order valence-corrected chi connectivity index (χ2v) is 10.2. The number of piperazine rings is 1. The quantitative estimate of drug-likeness (QED) is 0.729. The van der Waals surface area contributed by atoms with E-state index >= 15 is 0 Å². The first-order chi connectivity index (χ1) is 13.3. The van der Waals surface area contributed by atoms with E-state index in [9.17, 15) is 26.7 Å². The summed E-state index contributed by atoms with van der Waals surface area (Å²) >= 11 is 0.987. The van der Waals surface area contributed by atoms with Gasteiger partial charge in [-0.2, -0.15) is 17.5 Å². The van der Waals surface area contributed by atoms with Crippen molar-refractivity contribution in [2.24, 2.45) is 0 Å². The molecule has 3 heterocycles. The number of anilines is 2. The highest BCUT2D eigenvalue weighted by Gasteiger charge is 2.51. The molecule has 2 atom stereocenters. The monoisotopic (exact) mass is 451 g/mol. The molecule has 1 fully saturated rings. The number of rotatable bonds is 4. The smallest absolute Gasteiger partial charge is 0.391 e. The molecule has 0 radical (unpaired) electrons. The third kappa shape index (κ3) is 4.04. The third-order valence-electron chi connectivity index (χ3n) is 4.80. The predicted octanol–water partition coefficient (Wildman–Crippen LogP) is 1.79. The molecule has 13 heteroatoms. The first-order valence-electron chi connectivity index (χ1n) is 8.58. The van der Waals surface area contributed by atoms with Gasteiger partial charge in [-0.05, 0) is 26.0 Å². The standard InChI is InChI=1S/C16H20F3N5O3S2/c1-10-9-23(29(26,27)13-4-3-12(20)28-13)5-6-24(10)14-21-7-11(8-22-14)15(2,25)16(17,18)19/h3-4,7-8,10,25H,5-6,9,20H2,1-2H3. The van der Waals surface area contributed by atoms with Crippen LogP contribution in [0.4, 0.5) is 24.1 Å². The van der Waals surface area contributed by atoms with Crippen molar-refractivity contribution in [3.8, 4) is 0 Å². The van der Waals surface area contributed by atoms with Crippen molar-refractivity contribution in [2.75, 3.05) is 30.3 Å². The van der Waals surface area contributed by atoms with Crippen LogP contribution in [0.1, 0.15) is 19.4 Å². The summed E-state index contributed by atoms with van der Waals surface area (Å²) in [5.74, 6) is 0.164. The van der Waals surface area contributed by atoms with Crippen molar-refractivity contribution in [3.05, 3.63) is 30.1 Å². The van der Waals surface area contributed by atoms with Crippen LogP contribution in [0.25, 0.3) is 0 Å². The van der Waals surface area contributed by atoms with Gasteiger partial charge in [0, 0.05) is 43.6 Å². The van der Waals surface area contributed by atoms with E-state index in [2.05, 4.69) is 9.97 Å². The van der Waals surface area contributed by atoms with Gasteiger partial charge >= 0.3 is 6.18 Å². The number of aliphatic hydroxyl groups is 1. The molecule has 29 heavy (non-hydrogen) atoms. The summed E-state index contributed by atoms with van der Waals surface area (Å²) in [6.45, 7) is 2.99. The molecule has 0 amide bonds. The zero-order valence-corrected chi connectivity index (χ0v) is 17.2. The van der Waals surface area contributed by atoms with Crippen LogP contribution in [-0.2, 0) is 15.6 Å². The number of aromatic nitrogens is 2. The second kappa shape index (κ2) is 7.38. The van der Waals surface area contributed by atoms with E-state index in [1.54, 1.807) is 11.8 Å². The van der Waals surface area contributed by atoms with Gasteiger partial charge in [0.25, 0.3) is 10.0 Å². The number of halogens is 3. The first-order valence-corrected chi connectivity index (χ1v) is 10.8. The number of hydrogen-bond donors (Lipinski definition) is 2. The van der Waals surface area contributed by atoms with Crippen molar-refractivity contribution in [1.82, 2.24) is 14.3 Å². The molecule has 0 spiro atoms. The molecule has 0 saturated carbocycles. The van der Waals surface area contributed by atoms with E-state index < -0.39 is 27.4 Å². The number of alkyl halides is 3. The lowest BCUT2D eigenvalue weighted by Crippen LogP contribution is -2.54. The molecule has 1 aliphatic rings. The topological polar surface area (TPSA) is 113 Å². The van der Waals surface area contributed by atoms with Gasteiger partial charge in [-0.1, -0.05) is 0 Å². The van der Waals surface area contributed by atoms with E-state index in [-0.39, 0.29) is 35.8 Å². The molecule has 2 aromatic heterocycles. The average Bonchev–Trinajstić information content (AvgIpc) is 3.08. The Morgan fingerprint density at radius 1 is 1.24 bits per heavy atom. The molecule has 8 nitrogen and oxygen atoms in total. The minimum absolute atomic E-state index is 0.158. The summed E-state index contributed by atoms with van der Waals surface area (Å²) in [6, 6.07) is 2.67. The van der Waals surface area contributed by atoms with Crippen LogP contribution in [0.5, 0.6) is 0 Å². The van der Waals surface area contributed by atoms with E-state index in [1.807, 2.05) is 0 Å². The van der Waals surface area contributed by atoms with Crippen LogP contribution < -0.4 is 10.6 Å². The highest BCUT2D eigenvalue weighted by Crippen LogP contribution is 2.38. The lowest BCUT2D eigenvalue weighted by Gasteiger charge is -2.39. The Morgan fingerprint density at radius 3 is 2.34 bits per heavy atom. The summed E-state index contributed by atoms with van der Waals surface area (Å²) in [6.07, 6.45) is -3.00. The molecule has 160 valence electrons. The summed E-state index contributed by atoms with van der Waals surface area (Å²) in [5, 5.41) is 10.1. The minimum Gasteiger partial charge on any atom is -0.391 e. The minimum atomic E-state index is -4.86. The van der Waals surface area contributed by atoms with Gasteiger partial charge in [-0.15, -0.1) is 11.3 Å². The largest absolute Gasteiger partial charge is 0.421 e. The fraction of sp³-hybridized carbons (Fsp3) is 0.500. The highest BCUT2D eigenvalue weighted by molar-refractivity contribution is 7.91. The normalized spacial score (nSPS) is 21.2. The summed E-state index contributed by atoms with van der Waals surface area (Å²) in [7, 11) is -3.68. The SMILES string of the molecule is CC1CN(S(=O)(=O)c2ccc(N)s2)CCN1c1ncc(C(C)(O)C(F)(F)F)cn1. The van der Waals surface area contributed by atoms with E-state index in [0.717, 1.165) is 23.7 Å².